The predicted octanol–water partition coefficient (Wildman–Crippen LogP) is 3.39. The summed E-state index contributed by atoms with van der Waals surface area (Å²) in [4.78, 5) is 9.20. The SMILES string of the molecule is Nc1nc(Cl)nc(Nc2cc(S(=O)(=O)O)cc3cc(S(=O)(=O)O)c(N=Nc4ccc(S(=O)(=O)CCOSOOO)cc4)c(O)c23)n1. The van der Waals surface area contributed by atoms with E-state index in [4.69, 9.17) is 26.8 Å². The molecule has 1 aromatic heterocycles. The molecule has 0 unspecified atom stereocenters. The summed E-state index contributed by atoms with van der Waals surface area (Å²) >= 11 is 5.99. The molecule has 25 heteroatoms. The Morgan fingerprint density at radius 2 is 1.63 bits per heavy atom. The Kier molecular flexibility index (Phi) is 10.6. The third-order valence-corrected chi connectivity index (χ3v) is 9.52. The quantitative estimate of drug-likeness (QED) is 0.0286. The maximum absolute atomic E-state index is 12.5. The van der Waals surface area contributed by atoms with Crippen molar-refractivity contribution in [2.45, 2.75) is 14.7 Å². The number of azo groups is 1. The van der Waals surface area contributed by atoms with E-state index in [1.165, 1.54) is 12.1 Å². The summed E-state index contributed by atoms with van der Waals surface area (Å²) in [5.74, 6) is -2.13. The average Bonchev–Trinajstić information content (AvgIpc) is 2.95. The maximum atomic E-state index is 12.5. The van der Waals surface area contributed by atoms with Crippen LogP contribution in [0.1, 0.15) is 0 Å². The Balaban J connectivity index is 1.79. The fraction of sp³-hybridized carbons (Fsp3) is 0.0952. The molecule has 1 heterocycles. The molecule has 0 aliphatic carbocycles. The van der Waals surface area contributed by atoms with E-state index in [-0.39, 0.29) is 63.2 Å². The molecule has 4 aromatic rings. The van der Waals surface area contributed by atoms with Gasteiger partial charge in [0.1, 0.15) is 10.6 Å². The van der Waals surface area contributed by atoms with Gasteiger partial charge in [-0.2, -0.15) is 36.9 Å². The van der Waals surface area contributed by atoms with Crippen molar-refractivity contribution in [2.24, 2.45) is 10.2 Å². The van der Waals surface area contributed by atoms with Crippen LogP contribution in [-0.4, -0.2) is 72.0 Å². The number of halogens is 1. The van der Waals surface area contributed by atoms with E-state index in [0.717, 1.165) is 30.3 Å². The van der Waals surface area contributed by atoms with Crippen molar-refractivity contribution in [3.8, 4) is 5.75 Å². The third kappa shape index (κ3) is 8.50. The Morgan fingerprint density at radius 1 is 0.935 bits per heavy atom. The highest BCUT2D eigenvalue weighted by molar-refractivity contribution is 7.91. The summed E-state index contributed by atoms with van der Waals surface area (Å²) < 4.78 is 102. The number of rotatable bonds is 13. The summed E-state index contributed by atoms with van der Waals surface area (Å²) in [7, 11) is -13.9. The average molecular weight is 740 g/mol. The number of sulfone groups is 1. The molecule has 4 rings (SSSR count). The smallest absolute Gasteiger partial charge is 0.296 e. The predicted molar refractivity (Wildman–Crippen MR) is 159 cm³/mol. The maximum Gasteiger partial charge on any atom is 0.296 e. The van der Waals surface area contributed by atoms with Crippen LogP contribution in [0.2, 0.25) is 5.28 Å². The number of benzene rings is 3. The molecule has 0 saturated heterocycles. The van der Waals surface area contributed by atoms with Crippen LogP contribution >= 0.6 is 23.9 Å². The number of nitrogen functional groups attached to an aromatic ring is 1. The highest BCUT2D eigenvalue weighted by atomic mass is 35.5. The van der Waals surface area contributed by atoms with Gasteiger partial charge in [-0.3, -0.25) is 13.3 Å². The van der Waals surface area contributed by atoms with E-state index in [9.17, 15) is 39.5 Å². The number of nitrogens with zero attached hydrogens (tertiary/aromatic N) is 5. The van der Waals surface area contributed by atoms with Crippen molar-refractivity contribution in [3.63, 3.8) is 0 Å². The first-order chi connectivity index (χ1) is 21.5. The van der Waals surface area contributed by atoms with Crippen LogP contribution in [0, 0.1) is 0 Å². The Labute approximate surface area is 267 Å². The second-order valence-corrected chi connectivity index (χ2v) is 14.3. The van der Waals surface area contributed by atoms with Gasteiger partial charge in [-0.05, 0) is 59.5 Å². The van der Waals surface area contributed by atoms with Gasteiger partial charge in [-0.1, -0.05) is 5.04 Å². The van der Waals surface area contributed by atoms with Crippen LogP contribution in [0.25, 0.3) is 10.8 Å². The minimum absolute atomic E-state index is 0.0320. The number of nitrogens with two attached hydrogens (primary N) is 1. The van der Waals surface area contributed by atoms with Gasteiger partial charge in [-0.25, -0.2) is 13.7 Å². The molecule has 7 N–H and O–H groups in total. The van der Waals surface area contributed by atoms with Gasteiger partial charge in [0.15, 0.2) is 27.9 Å². The monoisotopic (exact) mass is 739 g/mol. The van der Waals surface area contributed by atoms with Gasteiger partial charge in [0.05, 0.1) is 33.5 Å². The van der Waals surface area contributed by atoms with E-state index < -0.39 is 57.1 Å². The first kappa shape index (κ1) is 35.0. The number of fused-ring (bicyclic) bond motifs is 1. The fourth-order valence-corrected chi connectivity index (χ4v) is 6.48. The Bertz CT molecular complexity index is 2130. The van der Waals surface area contributed by atoms with Crippen LogP contribution in [0.4, 0.5) is 29.0 Å². The molecule has 0 fully saturated rings. The standard InChI is InChI=1S/C21H18ClN7O13S4/c22-19-25-20(23)27-21(26-19)24-14-9-13(45(34,35)36)7-10-8-15(46(37,38)39)17(18(30)16(10)14)29-28-11-1-3-12(4-2-11)44(32,33)6-5-40-43-42-41-31/h1-4,7-9,30-31H,5-6H2,(H,34,35,36)(H,37,38,39)(H3,23,24,25,26,27). The highest BCUT2D eigenvalue weighted by Crippen LogP contribution is 2.45. The highest BCUT2D eigenvalue weighted by Gasteiger charge is 2.26. The summed E-state index contributed by atoms with van der Waals surface area (Å²) in [6.07, 6.45) is 0. The summed E-state index contributed by atoms with van der Waals surface area (Å²) in [6.45, 7) is -0.340. The lowest BCUT2D eigenvalue weighted by Gasteiger charge is -2.15. The van der Waals surface area contributed by atoms with Crippen molar-refractivity contribution >= 4 is 93.7 Å². The fourth-order valence-electron chi connectivity index (χ4n) is 3.70. The molecule has 0 aliphatic heterocycles. The largest absolute Gasteiger partial charge is 0.505 e. The molecule has 0 aliphatic rings. The number of anilines is 3. The number of phenolic OH excluding ortho intramolecular Hbond substituents is 1. The lowest BCUT2D eigenvalue weighted by Crippen LogP contribution is -2.10. The zero-order valence-electron chi connectivity index (χ0n) is 22.2. The van der Waals surface area contributed by atoms with Crippen LogP contribution in [-0.2, 0) is 43.6 Å². The van der Waals surface area contributed by atoms with Crippen molar-refractivity contribution in [1.82, 2.24) is 15.0 Å². The van der Waals surface area contributed by atoms with Gasteiger partial charge in [0.2, 0.25) is 17.2 Å². The first-order valence-electron chi connectivity index (χ1n) is 11.7. The van der Waals surface area contributed by atoms with Crippen molar-refractivity contribution in [3.05, 3.63) is 47.7 Å². The zero-order chi connectivity index (χ0) is 33.9. The first-order valence-corrected chi connectivity index (χ1v) is 17.3. The Morgan fingerprint density at radius 3 is 2.24 bits per heavy atom. The second kappa shape index (κ2) is 13.9. The molecule has 0 amide bonds. The van der Waals surface area contributed by atoms with Crippen LogP contribution in [0.3, 0.4) is 0 Å². The van der Waals surface area contributed by atoms with E-state index in [1.54, 1.807) is 0 Å². The molecule has 0 atom stereocenters. The number of phenols is 1. The van der Waals surface area contributed by atoms with Crippen LogP contribution < -0.4 is 11.1 Å². The van der Waals surface area contributed by atoms with E-state index in [0.29, 0.717) is 0 Å². The van der Waals surface area contributed by atoms with E-state index >= 15 is 0 Å². The third-order valence-electron chi connectivity index (χ3n) is 5.57. The van der Waals surface area contributed by atoms with Gasteiger partial charge in [0.25, 0.3) is 20.2 Å². The Hall–Kier alpha value is -3.82. The van der Waals surface area contributed by atoms with Crippen molar-refractivity contribution in [2.75, 3.05) is 23.4 Å². The second-order valence-electron chi connectivity index (χ2n) is 8.55. The number of nitrogens with one attached hydrogen (secondary N) is 1. The zero-order valence-corrected chi connectivity index (χ0v) is 26.3. The van der Waals surface area contributed by atoms with Gasteiger partial charge < -0.3 is 16.2 Å². The summed E-state index contributed by atoms with van der Waals surface area (Å²) in [6, 6.07) is 7.09. The van der Waals surface area contributed by atoms with E-state index in [1.807, 2.05) is 0 Å². The topological polar surface area (TPSA) is 312 Å². The lowest BCUT2D eigenvalue weighted by atomic mass is 10.1. The molecule has 46 heavy (non-hydrogen) atoms. The molecule has 0 bridgehead atoms. The minimum atomic E-state index is -5.16. The number of aromatic hydroxyl groups is 1. The number of hydrogen-bond acceptors (Lipinski definition) is 19. The van der Waals surface area contributed by atoms with Crippen molar-refractivity contribution < 1.29 is 58.3 Å². The molecular formula is C21H18ClN7O13S4. The lowest BCUT2D eigenvalue weighted by molar-refractivity contribution is -0.434. The summed E-state index contributed by atoms with van der Waals surface area (Å²) in [5.41, 5.74) is 4.39. The van der Waals surface area contributed by atoms with Crippen molar-refractivity contribution in [1.29, 1.82) is 0 Å². The minimum Gasteiger partial charge on any atom is -0.505 e. The number of aromatic nitrogens is 3. The van der Waals surface area contributed by atoms with Gasteiger partial charge >= 0.3 is 0 Å². The van der Waals surface area contributed by atoms with E-state index in [2.05, 4.69) is 39.9 Å². The van der Waals surface area contributed by atoms with Gasteiger partial charge in [-0.15, -0.1) is 9.45 Å². The molecular weight excluding hydrogens is 722 g/mol. The van der Waals surface area contributed by atoms with Crippen LogP contribution in [0.5, 0.6) is 5.75 Å². The molecule has 20 nitrogen and oxygen atoms in total. The number of hydrogen-bond donors (Lipinski definition) is 6. The molecule has 0 spiro atoms. The van der Waals surface area contributed by atoms with Gasteiger partial charge in [0, 0.05) is 5.39 Å². The summed E-state index contributed by atoms with van der Waals surface area (Å²) in [5, 5.41) is 31.6. The molecule has 246 valence electrons. The van der Waals surface area contributed by atoms with Crippen LogP contribution in [0.15, 0.2) is 67.4 Å². The molecule has 3 aromatic carbocycles. The molecule has 0 radical (unpaired) electrons. The normalized spacial score (nSPS) is 12.6. The molecule has 0 saturated carbocycles.